The maximum atomic E-state index is 11.7. The van der Waals surface area contributed by atoms with E-state index in [1.54, 1.807) is 7.11 Å². The number of anilines is 1. The fraction of sp³-hybridized carbons (Fsp3) is 0.292. The molecule has 0 fully saturated rings. The number of fused-ring (bicyclic) bond motifs is 5. The number of ether oxygens (including phenoxy) is 3. The predicted molar refractivity (Wildman–Crippen MR) is 112 cm³/mol. The van der Waals surface area contributed by atoms with Crippen molar-refractivity contribution in [1.29, 1.82) is 0 Å². The van der Waals surface area contributed by atoms with E-state index in [0.717, 1.165) is 39.4 Å². The summed E-state index contributed by atoms with van der Waals surface area (Å²) < 4.78 is 17.3. The molecule has 5 rings (SSSR count). The van der Waals surface area contributed by atoms with E-state index >= 15 is 0 Å². The highest BCUT2D eigenvalue weighted by atomic mass is 16.6. The van der Waals surface area contributed by atoms with Crippen molar-refractivity contribution in [1.82, 2.24) is 0 Å². The lowest BCUT2D eigenvalue weighted by Crippen LogP contribution is -2.51. The summed E-state index contributed by atoms with van der Waals surface area (Å²) in [7, 11) is 1.68. The van der Waals surface area contributed by atoms with Gasteiger partial charge in [-0.15, -0.1) is 0 Å². The average Bonchev–Trinajstić information content (AvgIpc) is 3.11. The number of hydrogen-bond donors (Lipinski definition) is 0. The molecule has 3 aliphatic rings. The quantitative estimate of drug-likeness (QED) is 0.697. The molecule has 148 valence electrons. The summed E-state index contributed by atoms with van der Waals surface area (Å²) in [6.07, 6.45) is 5.11. The van der Waals surface area contributed by atoms with Crippen LogP contribution in [0.5, 0.6) is 11.5 Å². The minimum Gasteiger partial charge on any atom is -0.496 e. The van der Waals surface area contributed by atoms with Crippen LogP contribution in [0.4, 0.5) is 5.69 Å². The van der Waals surface area contributed by atoms with Gasteiger partial charge in [0.2, 0.25) is 0 Å². The predicted octanol–water partition coefficient (Wildman–Crippen LogP) is 4.70. The second kappa shape index (κ2) is 6.14. The molecule has 1 unspecified atom stereocenters. The Hall–Kier alpha value is -3.21. The molecule has 5 heteroatoms. The normalized spacial score (nSPS) is 20.8. The van der Waals surface area contributed by atoms with Gasteiger partial charge in [-0.05, 0) is 56.2 Å². The Balaban J connectivity index is 1.73. The molecule has 3 aliphatic heterocycles. The zero-order chi connectivity index (χ0) is 20.3. The maximum Gasteiger partial charge on any atom is 0.332 e. The number of carbonyl (C=O) groups is 1. The number of allylic oxidation sites excluding steroid dienone is 1. The van der Waals surface area contributed by atoms with Crippen LogP contribution in [0.1, 0.15) is 31.9 Å². The fourth-order valence-corrected chi connectivity index (χ4v) is 4.82. The zero-order valence-corrected chi connectivity index (χ0v) is 17.0. The van der Waals surface area contributed by atoms with Crippen molar-refractivity contribution in [3.63, 3.8) is 0 Å². The Bertz CT molecular complexity index is 1080. The van der Waals surface area contributed by atoms with Gasteiger partial charge < -0.3 is 19.1 Å². The van der Waals surface area contributed by atoms with Gasteiger partial charge in [-0.3, -0.25) is 0 Å². The largest absolute Gasteiger partial charge is 0.496 e. The SMILES string of the molecule is COc1cccc2c1-c1ccc3c(c1CO2)C(C)=CC(C)(C)N3C1C=CC(=O)O1. The van der Waals surface area contributed by atoms with Gasteiger partial charge >= 0.3 is 5.97 Å². The van der Waals surface area contributed by atoms with Crippen LogP contribution in [0.2, 0.25) is 0 Å². The minimum absolute atomic E-state index is 0.307. The summed E-state index contributed by atoms with van der Waals surface area (Å²) >= 11 is 0. The zero-order valence-electron chi connectivity index (χ0n) is 17.0. The highest BCUT2D eigenvalue weighted by Gasteiger charge is 2.40. The molecule has 0 bridgehead atoms. The molecule has 0 radical (unpaired) electrons. The number of benzene rings is 2. The van der Waals surface area contributed by atoms with Crippen molar-refractivity contribution in [3.05, 3.63) is 59.7 Å². The molecule has 0 saturated heterocycles. The van der Waals surface area contributed by atoms with Gasteiger partial charge in [0.25, 0.3) is 0 Å². The molecule has 1 atom stereocenters. The van der Waals surface area contributed by atoms with E-state index in [4.69, 9.17) is 14.2 Å². The first-order valence-corrected chi connectivity index (χ1v) is 9.75. The molecule has 5 nitrogen and oxygen atoms in total. The lowest BCUT2D eigenvalue weighted by molar-refractivity contribution is -0.138. The molecule has 0 amide bonds. The van der Waals surface area contributed by atoms with Crippen LogP contribution >= 0.6 is 0 Å². The highest BCUT2D eigenvalue weighted by Crippen LogP contribution is 2.50. The molecule has 0 aliphatic carbocycles. The van der Waals surface area contributed by atoms with Crippen molar-refractivity contribution >= 4 is 17.2 Å². The first-order chi connectivity index (χ1) is 13.9. The van der Waals surface area contributed by atoms with Gasteiger partial charge in [0.05, 0.1) is 18.2 Å². The van der Waals surface area contributed by atoms with Gasteiger partial charge in [0.15, 0.2) is 6.23 Å². The van der Waals surface area contributed by atoms with Crippen LogP contribution < -0.4 is 14.4 Å². The Labute approximate surface area is 170 Å². The Morgan fingerprint density at radius 1 is 1.17 bits per heavy atom. The Morgan fingerprint density at radius 3 is 2.72 bits per heavy atom. The standard InChI is InChI=1S/C24H23NO4/c1-14-12-24(2,3)25(20-10-11-21(26)29-20)17-9-8-15-16(22(14)17)13-28-19-7-5-6-18(27-4)23(15)19/h5-12,20H,13H2,1-4H3. The highest BCUT2D eigenvalue weighted by molar-refractivity contribution is 5.92. The van der Waals surface area contributed by atoms with Gasteiger partial charge in [0.1, 0.15) is 18.1 Å². The second-order valence-corrected chi connectivity index (χ2v) is 8.15. The average molecular weight is 389 g/mol. The van der Waals surface area contributed by atoms with Gasteiger partial charge in [-0.2, -0.15) is 0 Å². The molecule has 0 saturated carbocycles. The summed E-state index contributed by atoms with van der Waals surface area (Å²) in [6, 6.07) is 10.1. The van der Waals surface area contributed by atoms with Crippen LogP contribution in [0.25, 0.3) is 16.7 Å². The first kappa shape index (κ1) is 17.9. The molecule has 3 heterocycles. The van der Waals surface area contributed by atoms with E-state index in [0.29, 0.717) is 6.61 Å². The summed E-state index contributed by atoms with van der Waals surface area (Å²) in [6.45, 7) is 6.88. The molecule has 2 aromatic carbocycles. The number of cyclic esters (lactones) is 1. The first-order valence-electron chi connectivity index (χ1n) is 9.75. The van der Waals surface area contributed by atoms with Gasteiger partial charge in [-0.1, -0.05) is 18.2 Å². The minimum atomic E-state index is -0.426. The van der Waals surface area contributed by atoms with Crippen LogP contribution in [0, 0.1) is 0 Å². The number of rotatable bonds is 2. The smallest absolute Gasteiger partial charge is 0.332 e. The van der Waals surface area contributed by atoms with Crippen molar-refractivity contribution in [3.8, 4) is 22.6 Å². The van der Waals surface area contributed by atoms with Crippen LogP contribution in [-0.2, 0) is 16.1 Å². The molecule has 2 aromatic rings. The van der Waals surface area contributed by atoms with Crippen molar-refractivity contribution in [2.75, 3.05) is 12.0 Å². The van der Waals surface area contributed by atoms with Crippen LogP contribution in [0.3, 0.4) is 0 Å². The number of methoxy groups -OCH3 is 1. The fourth-order valence-electron chi connectivity index (χ4n) is 4.82. The van der Waals surface area contributed by atoms with Crippen molar-refractivity contribution < 1.29 is 19.0 Å². The number of hydrogen-bond acceptors (Lipinski definition) is 5. The molecular weight excluding hydrogens is 366 g/mol. The third-order valence-corrected chi connectivity index (χ3v) is 5.87. The maximum absolute atomic E-state index is 11.7. The summed E-state index contributed by atoms with van der Waals surface area (Å²) in [5, 5.41) is 0. The number of carbonyl (C=O) groups excluding carboxylic acids is 1. The topological polar surface area (TPSA) is 48.0 Å². The lowest BCUT2D eigenvalue weighted by Gasteiger charge is -2.46. The van der Waals surface area contributed by atoms with Gasteiger partial charge in [-0.25, -0.2) is 4.79 Å². The van der Waals surface area contributed by atoms with Crippen molar-refractivity contribution in [2.24, 2.45) is 0 Å². The van der Waals surface area contributed by atoms with E-state index < -0.39 is 6.23 Å². The van der Waals surface area contributed by atoms with Crippen LogP contribution in [-0.4, -0.2) is 24.8 Å². The Kier molecular flexibility index (Phi) is 3.78. The van der Waals surface area contributed by atoms with E-state index in [1.165, 1.54) is 11.6 Å². The lowest BCUT2D eigenvalue weighted by atomic mass is 9.82. The van der Waals surface area contributed by atoms with E-state index in [9.17, 15) is 4.79 Å². The number of esters is 1. The monoisotopic (exact) mass is 389 g/mol. The van der Waals surface area contributed by atoms with Crippen molar-refractivity contribution in [2.45, 2.75) is 39.1 Å². The molecule has 0 spiro atoms. The van der Waals surface area contributed by atoms with E-state index in [1.807, 2.05) is 24.3 Å². The van der Waals surface area contributed by atoms with E-state index in [-0.39, 0.29) is 11.5 Å². The number of nitrogens with zero attached hydrogens (tertiary/aromatic N) is 1. The molecule has 0 N–H and O–H groups in total. The molecular formula is C24H23NO4. The molecule has 0 aromatic heterocycles. The summed E-state index contributed by atoms with van der Waals surface area (Å²) in [5.41, 5.74) is 6.28. The second-order valence-electron chi connectivity index (χ2n) is 8.15. The summed E-state index contributed by atoms with van der Waals surface area (Å²) in [4.78, 5) is 13.9. The third kappa shape index (κ3) is 2.57. The van der Waals surface area contributed by atoms with Gasteiger partial charge in [0, 0.05) is 22.9 Å². The van der Waals surface area contributed by atoms with Crippen LogP contribution in [0.15, 0.2) is 48.6 Å². The molecule has 29 heavy (non-hydrogen) atoms. The Morgan fingerprint density at radius 2 is 2.00 bits per heavy atom. The van der Waals surface area contributed by atoms with E-state index in [2.05, 4.69) is 43.9 Å². The summed E-state index contributed by atoms with van der Waals surface area (Å²) in [5.74, 6) is 1.32. The third-order valence-electron chi connectivity index (χ3n) is 5.87.